The summed E-state index contributed by atoms with van der Waals surface area (Å²) in [6, 6.07) is 3.75. The van der Waals surface area contributed by atoms with Crippen molar-refractivity contribution < 1.29 is 5.11 Å². The molecule has 0 aliphatic carbocycles. The van der Waals surface area contributed by atoms with Crippen molar-refractivity contribution >= 4 is 16.9 Å². The van der Waals surface area contributed by atoms with Gasteiger partial charge in [-0.3, -0.25) is 9.36 Å². The van der Waals surface area contributed by atoms with Gasteiger partial charge in [-0.15, -0.1) is 0 Å². The van der Waals surface area contributed by atoms with Crippen molar-refractivity contribution in [1.29, 1.82) is 0 Å². The molecule has 1 aliphatic heterocycles. The van der Waals surface area contributed by atoms with Crippen molar-refractivity contribution in [3.8, 4) is 0 Å². The number of aromatic nitrogens is 2. The lowest BCUT2D eigenvalue weighted by molar-refractivity contribution is 0.200. The van der Waals surface area contributed by atoms with Gasteiger partial charge in [-0.05, 0) is 43.0 Å². The topological polar surface area (TPSA) is 58.4 Å². The van der Waals surface area contributed by atoms with E-state index in [0.29, 0.717) is 29.0 Å². The SMILES string of the molecule is C=CC1=C(CCC)CN(c2nc3c(C(C)O)cc(C)cc3c(=O)n2C)C1. The Hall–Kier alpha value is -2.40. The van der Waals surface area contributed by atoms with Crippen molar-refractivity contribution in [2.75, 3.05) is 18.0 Å². The van der Waals surface area contributed by atoms with Gasteiger partial charge in [0, 0.05) is 25.7 Å². The first-order chi connectivity index (χ1) is 12.4. The zero-order valence-corrected chi connectivity index (χ0v) is 16.0. The van der Waals surface area contributed by atoms with Crippen LogP contribution in [0.5, 0.6) is 0 Å². The fraction of sp³-hybridized carbons (Fsp3) is 0.429. The van der Waals surface area contributed by atoms with E-state index in [-0.39, 0.29) is 5.56 Å². The molecular formula is C21H27N3O2. The summed E-state index contributed by atoms with van der Waals surface area (Å²) in [5.74, 6) is 0.638. The van der Waals surface area contributed by atoms with Gasteiger partial charge in [-0.25, -0.2) is 4.98 Å². The third kappa shape index (κ3) is 3.07. The minimum atomic E-state index is -0.680. The maximum absolute atomic E-state index is 13.0. The molecule has 2 aromatic rings. The fourth-order valence-electron chi connectivity index (χ4n) is 3.74. The number of anilines is 1. The van der Waals surface area contributed by atoms with E-state index < -0.39 is 6.10 Å². The van der Waals surface area contributed by atoms with Crippen molar-refractivity contribution in [2.45, 2.75) is 39.7 Å². The summed E-state index contributed by atoms with van der Waals surface area (Å²) in [6.45, 7) is 11.2. The third-order valence-electron chi connectivity index (χ3n) is 5.06. The van der Waals surface area contributed by atoms with Crippen LogP contribution in [0.1, 0.15) is 43.9 Å². The second kappa shape index (κ2) is 7.08. The molecule has 138 valence electrons. The van der Waals surface area contributed by atoms with Crippen LogP contribution in [0.15, 0.2) is 40.7 Å². The number of rotatable bonds is 5. The number of aliphatic hydroxyl groups excluding tert-OH is 1. The van der Waals surface area contributed by atoms with E-state index >= 15 is 0 Å². The summed E-state index contributed by atoms with van der Waals surface area (Å²) in [6.07, 6.45) is 3.34. The predicted octanol–water partition coefficient (Wildman–Crippen LogP) is 3.40. The molecule has 0 fully saturated rings. The Kier molecular flexibility index (Phi) is 5.01. The number of hydrogen-bond acceptors (Lipinski definition) is 4. The van der Waals surface area contributed by atoms with Gasteiger partial charge in [0.05, 0.1) is 17.0 Å². The first-order valence-corrected chi connectivity index (χ1v) is 9.15. The van der Waals surface area contributed by atoms with Gasteiger partial charge >= 0.3 is 0 Å². The molecule has 1 N–H and O–H groups in total. The number of fused-ring (bicyclic) bond motifs is 1. The Balaban J connectivity index is 2.15. The number of hydrogen-bond donors (Lipinski definition) is 1. The summed E-state index contributed by atoms with van der Waals surface area (Å²) >= 11 is 0. The van der Waals surface area contributed by atoms with Crippen LogP contribution < -0.4 is 10.5 Å². The third-order valence-corrected chi connectivity index (χ3v) is 5.06. The Bertz CT molecular complexity index is 954. The first kappa shape index (κ1) is 18.4. The van der Waals surface area contributed by atoms with Crippen LogP contribution in [-0.4, -0.2) is 27.7 Å². The van der Waals surface area contributed by atoms with Crippen LogP contribution in [0.3, 0.4) is 0 Å². The average Bonchev–Trinajstić information content (AvgIpc) is 3.01. The largest absolute Gasteiger partial charge is 0.389 e. The molecule has 1 atom stereocenters. The molecule has 5 heteroatoms. The standard InChI is InChI=1S/C21H27N3O2/c1-6-8-16-12-24(11-15(16)7-2)21-22-19-17(14(4)25)9-13(3)10-18(19)20(26)23(21)5/h7,9-10,14,25H,2,6,8,11-12H2,1,3-5H3. The molecule has 0 saturated heterocycles. The van der Waals surface area contributed by atoms with Crippen molar-refractivity contribution in [2.24, 2.45) is 7.05 Å². The summed E-state index contributed by atoms with van der Waals surface area (Å²) in [5, 5.41) is 10.7. The second-order valence-corrected chi connectivity index (χ2v) is 7.14. The molecule has 1 aromatic heterocycles. The van der Waals surface area contributed by atoms with Crippen molar-refractivity contribution in [3.05, 3.63) is 57.4 Å². The summed E-state index contributed by atoms with van der Waals surface area (Å²) < 4.78 is 1.61. The normalized spacial score (nSPS) is 15.8. The van der Waals surface area contributed by atoms with E-state index in [1.165, 1.54) is 11.1 Å². The van der Waals surface area contributed by atoms with Gasteiger partial charge in [-0.1, -0.05) is 32.1 Å². The lowest BCUT2D eigenvalue weighted by atomic mass is 10.0. The van der Waals surface area contributed by atoms with Crippen LogP contribution in [0.25, 0.3) is 10.9 Å². The minimum absolute atomic E-state index is 0.0836. The quantitative estimate of drug-likeness (QED) is 0.895. The van der Waals surface area contributed by atoms with E-state index in [2.05, 4.69) is 18.4 Å². The molecule has 0 bridgehead atoms. The molecule has 1 aliphatic rings. The molecule has 2 heterocycles. The maximum atomic E-state index is 13.0. The minimum Gasteiger partial charge on any atom is -0.389 e. The van der Waals surface area contributed by atoms with Crippen LogP contribution in [0.2, 0.25) is 0 Å². The Morgan fingerprint density at radius 1 is 1.38 bits per heavy atom. The van der Waals surface area contributed by atoms with Crippen LogP contribution >= 0.6 is 0 Å². The van der Waals surface area contributed by atoms with E-state index in [1.54, 1.807) is 18.5 Å². The van der Waals surface area contributed by atoms with E-state index in [0.717, 1.165) is 24.9 Å². The number of aliphatic hydroxyl groups is 1. The Morgan fingerprint density at radius 3 is 2.73 bits per heavy atom. The number of nitrogens with zero attached hydrogens (tertiary/aromatic N) is 3. The van der Waals surface area contributed by atoms with E-state index in [1.807, 2.05) is 25.1 Å². The molecule has 5 nitrogen and oxygen atoms in total. The zero-order valence-electron chi connectivity index (χ0n) is 16.0. The van der Waals surface area contributed by atoms with Crippen LogP contribution in [0.4, 0.5) is 5.95 Å². The lowest BCUT2D eigenvalue weighted by Crippen LogP contribution is -2.31. The Labute approximate surface area is 154 Å². The second-order valence-electron chi connectivity index (χ2n) is 7.14. The summed E-state index contributed by atoms with van der Waals surface area (Å²) in [7, 11) is 1.76. The van der Waals surface area contributed by atoms with Crippen molar-refractivity contribution in [1.82, 2.24) is 9.55 Å². The summed E-state index contributed by atoms with van der Waals surface area (Å²) in [4.78, 5) is 19.9. The van der Waals surface area contributed by atoms with Gasteiger partial charge in [0.15, 0.2) is 0 Å². The monoisotopic (exact) mass is 353 g/mol. The highest BCUT2D eigenvalue weighted by Crippen LogP contribution is 2.29. The van der Waals surface area contributed by atoms with Crippen molar-refractivity contribution in [3.63, 3.8) is 0 Å². The highest BCUT2D eigenvalue weighted by molar-refractivity contribution is 5.83. The van der Waals surface area contributed by atoms with Crippen LogP contribution in [-0.2, 0) is 7.05 Å². The molecule has 1 unspecified atom stereocenters. The molecule has 0 spiro atoms. The predicted molar refractivity (Wildman–Crippen MR) is 107 cm³/mol. The Morgan fingerprint density at radius 2 is 2.12 bits per heavy atom. The van der Waals surface area contributed by atoms with E-state index in [9.17, 15) is 9.90 Å². The fourth-order valence-corrected chi connectivity index (χ4v) is 3.74. The number of aryl methyl sites for hydroxylation is 1. The molecule has 0 saturated carbocycles. The van der Waals surface area contributed by atoms with Gasteiger partial charge in [0.25, 0.3) is 5.56 Å². The van der Waals surface area contributed by atoms with E-state index in [4.69, 9.17) is 4.98 Å². The number of benzene rings is 1. The molecular weight excluding hydrogens is 326 g/mol. The molecule has 0 radical (unpaired) electrons. The average molecular weight is 353 g/mol. The summed E-state index contributed by atoms with van der Waals surface area (Å²) in [5.41, 5.74) is 4.73. The maximum Gasteiger partial charge on any atom is 0.262 e. The lowest BCUT2D eigenvalue weighted by Gasteiger charge is -2.22. The van der Waals surface area contributed by atoms with Gasteiger partial charge < -0.3 is 10.0 Å². The molecule has 26 heavy (non-hydrogen) atoms. The highest BCUT2D eigenvalue weighted by atomic mass is 16.3. The molecule has 3 rings (SSSR count). The molecule has 1 aromatic carbocycles. The molecule has 0 amide bonds. The highest BCUT2D eigenvalue weighted by Gasteiger charge is 2.24. The smallest absolute Gasteiger partial charge is 0.262 e. The van der Waals surface area contributed by atoms with Gasteiger partial charge in [0.2, 0.25) is 5.95 Å². The van der Waals surface area contributed by atoms with Gasteiger partial charge in [0.1, 0.15) is 0 Å². The zero-order chi connectivity index (χ0) is 19.0. The van der Waals surface area contributed by atoms with Gasteiger partial charge in [-0.2, -0.15) is 0 Å². The first-order valence-electron chi connectivity index (χ1n) is 9.15. The van der Waals surface area contributed by atoms with Crippen LogP contribution in [0, 0.1) is 6.92 Å².